The average molecular weight is 280 g/mol. The first-order valence-corrected chi connectivity index (χ1v) is 6.87. The summed E-state index contributed by atoms with van der Waals surface area (Å²) in [6.07, 6.45) is 5.89. The molecule has 2 N–H and O–H groups in total. The molecule has 2 rings (SSSR count). The van der Waals surface area contributed by atoms with Gasteiger partial charge in [0.05, 0.1) is 0 Å². The molecule has 20 heavy (non-hydrogen) atoms. The van der Waals surface area contributed by atoms with Crippen molar-refractivity contribution in [1.82, 2.24) is 20.1 Å². The topological polar surface area (TPSA) is 97.1 Å². The first kappa shape index (κ1) is 14.5. The van der Waals surface area contributed by atoms with E-state index in [-0.39, 0.29) is 11.8 Å². The van der Waals surface area contributed by atoms with Gasteiger partial charge in [-0.05, 0) is 25.7 Å². The molecule has 1 aliphatic rings. The smallest absolute Gasteiger partial charge is 0.329 e. The SMILES string of the molecule is CC(C(=O)NC1(C(=O)O)CCCCC1C)n1cncn1. The Morgan fingerprint density at radius 2 is 2.25 bits per heavy atom. The number of nitrogens with one attached hydrogen (secondary N) is 1. The van der Waals surface area contributed by atoms with Gasteiger partial charge in [0.25, 0.3) is 0 Å². The van der Waals surface area contributed by atoms with Crippen LogP contribution in [-0.2, 0) is 9.59 Å². The molecule has 0 radical (unpaired) electrons. The largest absolute Gasteiger partial charge is 0.479 e. The Bertz CT molecular complexity index is 488. The van der Waals surface area contributed by atoms with Crippen LogP contribution in [-0.4, -0.2) is 37.3 Å². The van der Waals surface area contributed by atoms with Crippen LogP contribution in [0.3, 0.4) is 0 Å². The zero-order valence-electron chi connectivity index (χ0n) is 11.7. The Morgan fingerprint density at radius 1 is 1.50 bits per heavy atom. The molecule has 0 aliphatic heterocycles. The van der Waals surface area contributed by atoms with Gasteiger partial charge < -0.3 is 10.4 Å². The highest BCUT2D eigenvalue weighted by molar-refractivity contribution is 5.89. The molecule has 3 unspecified atom stereocenters. The molecule has 110 valence electrons. The fraction of sp³-hybridized carbons (Fsp3) is 0.692. The third-order valence-electron chi connectivity index (χ3n) is 4.24. The number of amides is 1. The Balaban J connectivity index is 2.16. The lowest BCUT2D eigenvalue weighted by molar-refractivity contribution is -0.152. The maximum Gasteiger partial charge on any atom is 0.329 e. The molecular weight excluding hydrogens is 260 g/mol. The van der Waals surface area contributed by atoms with Crippen molar-refractivity contribution in [2.45, 2.75) is 51.1 Å². The Hall–Kier alpha value is -1.92. The fourth-order valence-electron chi connectivity index (χ4n) is 2.77. The predicted molar refractivity (Wildman–Crippen MR) is 70.9 cm³/mol. The summed E-state index contributed by atoms with van der Waals surface area (Å²) < 4.78 is 1.42. The lowest BCUT2D eigenvalue weighted by atomic mass is 9.73. The number of hydrogen-bond donors (Lipinski definition) is 2. The first-order chi connectivity index (χ1) is 9.47. The number of carboxylic acids is 1. The zero-order chi connectivity index (χ0) is 14.8. The van der Waals surface area contributed by atoms with Gasteiger partial charge in [-0.1, -0.05) is 19.8 Å². The third kappa shape index (κ3) is 2.52. The van der Waals surface area contributed by atoms with Crippen molar-refractivity contribution in [3.05, 3.63) is 12.7 Å². The van der Waals surface area contributed by atoms with E-state index in [0.29, 0.717) is 6.42 Å². The van der Waals surface area contributed by atoms with E-state index < -0.39 is 17.6 Å². The van der Waals surface area contributed by atoms with Crippen molar-refractivity contribution in [1.29, 1.82) is 0 Å². The average Bonchev–Trinajstić information content (AvgIpc) is 2.94. The molecule has 1 aliphatic carbocycles. The second-order valence-corrected chi connectivity index (χ2v) is 5.46. The van der Waals surface area contributed by atoms with Gasteiger partial charge in [0, 0.05) is 0 Å². The minimum Gasteiger partial charge on any atom is -0.479 e. The molecule has 1 saturated carbocycles. The van der Waals surface area contributed by atoms with Gasteiger partial charge in [-0.25, -0.2) is 14.5 Å². The van der Waals surface area contributed by atoms with E-state index in [1.165, 1.54) is 17.3 Å². The number of rotatable bonds is 4. The highest BCUT2D eigenvalue weighted by Gasteiger charge is 2.46. The van der Waals surface area contributed by atoms with Gasteiger partial charge in [-0.2, -0.15) is 5.10 Å². The van der Waals surface area contributed by atoms with Crippen LogP contribution in [0.5, 0.6) is 0 Å². The summed E-state index contributed by atoms with van der Waals surface area (Å²) in [5.74, 6) is -1.38. The van der Waals surface area contributed by atoms with E-state index >= 15 is 0 Å². The highest BCUT2D eigenvalue weighted by atomic mass is 16.4. The minimum absolute atomic E-state index is 0.0827. The molecule has 0 spiro atoms. The molecule has 1 amide bonds. The van der Waals surface area contributed by atoms with Crippen LogP contribution >= 0.6 is 0 Å². The van der Waals surface area contributed by atoms with Gasteiger partial charge >= 0.3 is 5.97 Å². The highest BCUT2D eigenvalue weighted by Crippen LogP contribution is 2.34. The number of carboxylic acid groups (broad SMARTS) is 1. The number of nitrogens with zero attached hydrogens (tertiary/aromatic N) is 3. The van der Waals surface area contributed by atoms with Crippen LogP contribution in [0.1, 0.15) is 45.6 Å². The van der Waals surface area contributed by atoms with Crippen LogP contribution in [0.2, 0.25) is 0 Å². The van der Waals surface area contributed by atoms with E-state index in [1.54, 1.807) is 6.92 Å². The van der Waals surface area contributed by atoms with Crippen molar-refractivity contribution in [3.8, 4) is 0 Å². The molecule has 1 heterocycles. The molecule has 0 bridgehead atoms. The van der Waals surface area contributed by atoms with Crippen LogP contribution < -0.4 is 5.32 Å². The standard InChI is InChI=1S/C13H20N4O3/c1-9-5-3-4-6-13(9,12(19)20)16-11(18)10(2)17-8-14-7-15-17/h7-10H,3-6H2,1-2H3,(H,16,18)(H,19,20). The summed E-state index contributed by atoms with van der Waals surface area (Å²) in [5.41, 5.74) is -1.16. The Morgan fingerprint density at radius 3 is 2.80 bits per heavy atom. The van der Waals surface area contributed by atoms with E-state index in [9.17, 15) is 14.7 Å². The van der Waals surface area contributed by atoms with E-state index in [4.69, 9.17) is 0 Å². The van der Waals surface area contributed by atoms with E-state index in [1.807, 2.05) is 6.92 Å². The van der Waals surface area contributed by atoms with Crippen LogP contribution in [0.15, 0.2) is 12.7 Å². The molecule has 0 saturated heterocycles. The molecule has 7 nitrogen and oxygen atoms in total. The van der Waals surface area contributed by atoms with Crippen molar-refractivity contribution < 1.29 is 14.7 Å². The van der Waals surface area contributed by atoms with Crippen LogP contribution in [0.4, 0.5) is 0 Å². The molecular formula is C13H20N4O3. The maximum atomic E-state index is 12.3. The lowest BCUT2D eigenvalue weighted by Crippen LogP contribution is -2.60. The molecule has 1 aromatic heterocycles. The summed E-state index contributed by atoms with van der Waals surface area (Å²) in [6, 6.07) is -0.581. The second kappa shape index (κ2) is 5.60. The molecule has 7 heteroatoms. The summed E-state index contributed by atoms with van der Waals surface area (Å²) in [7, 11) is 0. The van der Waals surface area contributed by atoms with Crippen molar-refractivity contribution in [3.63, 3.8) is 0 Å². The van der Waals surface area contributed by atoms with Gasteiger partial charge in [-0.3, -0.25) is 4.79 Å². The Kier molecular flexibility index (Phi) is 4.06. The van der Waals surface area contributed by atoms with E-state index in [2.05, 4.69) is 15.4 Å². The molecule has 1 aromatic rings. The molecule has 1 fully saturated rings. The second-order valence-electron chi connectivity index (χ2n) is 5.46. The van der Waals surface area contributed by atoms with Crippen LogP contribution in [0.25, 0.3) is 0 Å². The van der Waals surface area contributed by atoms with Gasteiger partial charge in [-0.15, -0.1) is 0 Å². The van der Waals surface area contributed by atoms with Gasteiger partial charge in [0.2, 0.25) is 5.91 Å². The maximum absolute atomic E-state index is 12.3. The van der Waals surface area contributed by atoms with Crippen molar-refractivity contribution >= 4 is 11.9 Å². The Labute approximate surface area is 117 Å². The number of carbonyl (C=O) groups is 2. The predicted octanol–water partition coefficient (Wildman–Crippen LogP) is 0.989. The fourth-order valence-corrected chi connectivity index (χ4v) is 2.77. The first-order valence-electron chi connectivity index (χ1n) is 6.87. The zero-order valence-corrected chi connectivity index (χ0v) is 11.7. The lowest BCUT2D eigenvalue weighted by Gasteiger charge is -2.40. The number of hydrogen-bond acceptors (Lipinski definition) is 4. The molecule has 3 atom stereocenters. The third-order valence-corrected chi connectivity index (χ3v) is 4.24. The number of carbonyl (C=O) groups excluding carboxylic acids is 1. The van der Waals surface area contributed by atoms with Gasteiger partial charge in [0.15, 0.2) is 0 Å². The van der Waals surface area contributed by atoms with Crippen molar-refractivity contribution in [2.24, 2.45) is 5.92 Å². The quantitative estimate of drug-likeness (QED) is 0.857. The summed E-state index contributed by atoms with van der Waals surface area (Å²) in [6.45, 7) is 3.56. The number of aromatic nitrogens is 3. The van der Waals surface area contributed by atoms with Gasteiger partial charge in [0.1, 0.15) is 24.2 Å². The monoisotopic (exact) mass is 280 g/mol. The van der Waals surface area contributed by atoms with Crippen LogP contribution in [0, 0.1) is 5.92 Å². The summed E-state index contributed by atoms with van der Waals surface area (Å²) in [5, 5.41) is 16.2. The minimum atomic E-state index is -1.16. The number of aliphatic carboxylic acids is 1. The normalized spacial score (nSPS) is 27.8. The summed E-state index contributed by atoms with van der Waals surface area (Å²) in [4.78, 5) is 27.8. The summed E-state index contributed by atoms with van der Waals surface area (Å²) >= 11 is 0. The van der Waals surface area contributed by atoms with Crippen molar-refractivity contribution in [2.75, 3.05) is 0 Å². The van der Waals surface area contributed by atoms with E-state index in [0.717, 1.165) is 19.3 Å². The molecule has 0 aromatic carbocycles.